The van der Waals surface area contributed by atoms with Crippen LogP contribution in [0.15, 0.2) is 36.5 Å². The molecule has 1 N–H and O–H groups in total. The summed E-state index contributed by atoms with van der Waals surface area (Å²) >= 11 is 0. The van der Waals surface area contributed by atoms with E-state index in [0.717, 1.165) is 13.1 Å². The van der Waals surface area contributed by atoms with Gasteiger partial charge in [-0.25, -0.2) is 0 Å². The van der Waals surface area contributed by atoms with Crippen molar-refractivity contribution >= 4 is 0 Å². The first kappa shape index (κ1) is 13.8. The van der Waals surface area contributed by atoms with Crippen molar-refractivity contribution in [3.05, 3.63) is 53.3 Å². The second kappa shape index (κ2) is 5.57. The summed E-state index contributed by atoms with van der Waals surface area (Å²) in [6.45, 7) is 10.3. The summed E-state index contributed by atoms with van der Waals surface area (Å²) in [5.41, 5.74) is 3.93. The third-order valence-corrected chi connectivity index (χ3v) is 3.02. The highest BCUT2D eigenvalue weighted by Crippen LogP contribution is 2.09. The molecular formula is C16H23N3. The molecular weight excluding hydrogens is 234 g/mol. The molecule has 0 aliphatic carbocycles. The van der Waals surface area contributed by atoms with Gasteiger partial charge in [-0.3, -0.25) is 4.68 Å². The lowest BCUT2D eigenvalue weighted by Crippen LogP contribution is -2.35. The summed E-state index contributed by atoms with van der Waals surface area (Å²) in [7, 11) is 0. The van der Waals surface area contributed by atoms with Crippen LogP contribution in [0.3, 0.4) is 0 Å². The molecule has 0 aliphatic rings. The van der Waals surface area contributed by atoms with Gasteiger partial charge in [0, 0.05) is 18.3 Å². The van der Waals surface area contributed by atoms with Gasteiger partial charge in [-0.1, -0.05) is 29.8 Å². The Morgan fingerprint density at radius 3 is 2.68 bits per heavy atom. The first-order valence-corrected chi connectivity index (χ1v) is 6.75. The molecule has 1 aromatic carbocycles. The zero-order valence-electron chi connectivity index (χ0n) is 12.3. The van der Waals surface area contributed by atoms with Gasteiger partial charge in [0.05, 0.1) is 12.2 Å². The van der Waals surface area contributed by atoms with Crippen LogP contribution in [0.1, 0.15) is 37.6 Å². The summed E-state index contributed by atoms with van der Waals surface area (Å²) in [6.07, 6.45) is 1.87. The van der Waals surface area contributed by atoms with Crippen molar-refractivity contribution in [2.75, 3.05) is 0 Å². The van der Waals surface area contributed by atoms with E-state index in [1.165, 1.54) is 16.8 Å². The highest BCUT2D eigenvalue weighted by molar-refractivity contribution is 5.22. The molecule has 0 unspecified atom stereocenters. The van der Waals surface area contributed by atoms with E-state index >= 15 is 0 Å². The van der Waals surface area contributed by atoms with Crippen molar-refractivity contribution in [2.24, 2.45) is 0 Å². The lowest BCUT2D eigenvalue weighted by molar-refractivity contribution is 0.414. The highest BCUT2D eigenvalue weighted by Gasteiger charge is 2.10. The first-order chi connectivity index (χ1) is 8.94. The largest absolute Gasteiger partial charge is 0.306 e. The number of aryl methyl sites for hydroxylation is 1. The molecule has 1 heterocycles. The Bertz CT molecular complexity index is 535. The maximum atomic E-state index is 4.42. The van der Waals surface area contributed by atoms with Gasteiger partial charge in [0.25, 0.3) is 0 Å². The summed E-state index contributed by atoms with van der Waals surface area (Å²) in [5.74, 6) is 0. The molecule has 3 nitrogen and oxygen atoms in total. The Labute approximate surface area is 115 Å². The predicted molar refractivity (Wildman–Crippen MR) is 79.1 cm³/mol. The molecule has 0 saturated carbocycles. The van der Waals surface area contributed by atoms with Gasteiger partial charge in [0.1, 0.15) is 0 Å². The molecule has 0 amide bonds. The van der Waals surface area contributed by atoms with Crippen LogP contribution in [0.4, 0.5) is 0 Å². The lowest BCUT2D eigenvalue weighted by atomic mass is 10.1. The van der Waals surface area contributed by atoms with Crippen molar-refractivity contribution in [2.45, 2.75) is 46.3 Å². The molecule has 0 fully saturated rings. The predicted octanol–water partition coefficient (Wildman–Crippen LogP) is 3.13. The molecule has 0 bridgehead atoms. The molecule has 1 aromatic heterocycles. The van der Waals surface area contributed by atoms with Crippen LogP contribution in [-0.4, -0.2) is 15.3 Å². The summed E-state index contributed by atoms with van der Waals surface area (Å²) in [5, 5.41) is 7.92. The summed E-state index contributed by atoms with van der Waals surface area (Å²) in [6, 6.07) is 10.7. The fourth-order valence-electron chi connectivity index (χ4n) is 1.99. The quantitative estimate of drug-likeness (QED) is 0.912. The van der Waals surface area contributed by atoms with Gasteiger partial charge >= 0.3 is 0 Å². The van der Waals surface area contributed by atoms with Crippen LogP contribution in [0.2, 0.25) is 0 Å². The monoisotopic (exact) mass is 257 g/mol. The Morgan fingerprint density at radius 1 is 1.21 bits per heavy atom. The number of nitrogens with zero attached hydrogens (tertiary/aromatic N) is 2. The normalized spacial score (nSPS) is 11.8. The van der Waals surface area contributed by atoms with Gasteiger partial charge < -0.3 is 5.32 Å². The number of nitrogens with one attached hydrogen (secondary N) is 1. The Morgan fingerprint density at radius 2 is 2.00 bits per heavy atom. The van der Waals surface area contributed by atoms with Crippen molar-refractivity contribution in [1.82, 2.24) is 15.1 Å². The van der Waals surface area contributed by atoms with E-state index < -0.39 is 0 Å². The first-order valence-electron chi connectivity index (χ1n) is 6.75. The van der Waals surface area contributed by atoms with Crippen LogP contribution in [0.25, 0.3) is 0 Å². The number of benzene rings is 1. The Kier molecular flexibility index (Phi) is 4.05. The second-order valence-electron chi connectivity index (χ2n) is 6.07. The fraction of sp³-hybridized carbons (Fsp3) is 0.438. The van der Waals surface area contributed by atoms with Crippen LogP contribution >= 0.6 is 0 Å². The SMILES string of the molecule is Cc1cccc(Cn2nccc2CNC(C)(C)C)c1. The second-order valence-corrected chi connectivity index (χ2v) is 6.07. The maximum Gasteiger partial charge on any atom is 0.0663 e. The Hall–Kier alpha value is -1.61. The van der Waals surface area contributed by atoms with E-state index in [1.807, 2.05) is 6.20 Å². The third kappa shape index (κ3) is 4.21. The molecule has 0 spiro atoms. The van der Waals surface area contributed by atoms with Gasteiger partial charge in [0.15, 0.2) is 0 Å². The topological polar surface area (TPSA) is 29.9 Å². The van der Waals surface area contributed by atoms with E-state index in [4.69, 9.17) is 0 Å². The van der Waals surface area contributed by atoms with Crippen molar-refractivity contribution in [3.63, 3.8) is 0 Å². The zero-order valence-corrected chi connectivity index (χ0v) is 12.3. The van der Waals surface area contributed by atoms with Crippen molar-refractivity contribution in [1.29, 1.82) is 0 Å². The smallest absolute Gasteiger partial charge is 0.0663 e. The molecule has 0 aliphatic heterocycles. The number of aromatic nitrogens is 2. The van der Waals surface area contributed by atoms with Crippen LogP contribution < -0.4 is 5.32 Å². The van der Waals surface area contributed by atoms with Crippen LogP contribution in [0, 0.1) is 6.92 Å². The van der Waals surface area contributed by atoms with Gasteiger partial charge in [-0.15, -0.1) is 0 Å². The summed E-state index contributed by atoms with van der Waals surface area (Å²) in [4.78, 5) is 0. The molecule has 102 valence electrons. The van der Waals surface area contributed by atoms with E-state index in [1.54, 1.807) is 0 Å². The fourth-order valence-corrected chi connectivity index (χ4v) is 1.99. The van der Waals surface area contributed by atoms with Crippen molar-refractivity contribution in [3.8, 4) is 0 Å². The van der Waals surface area contributed by atoms with Gasteiger partial charge in [-0.2, -0.15) is 5.10 Å². The molecule has 3 heteroatoms. The standard InChI is InChI=1S/C16H23N3/c1-13-6-5-7-14(10-13)12-19-15(8-9-18-19)11-17-16(2,3)4/h5-10,17H,11-12H2,1-4H3. The van der Waals surface area contributed by atoms with Gasteiger partial charge in [0.2, 0.25) is 0 Å². The number of rotatable bonds is 4. The molecule has 0 radical (unpaired) electrons. The minimum absolute atomic E-state index is 0.123. The van der Waals surface area contributed by atoms with E-state index in [9.17, 15) is 0 Å². The maximum absolute atomic E-state index is 4.42. The average molecular weight is 257 g/mol. The highest BCUT2D eigenvalue weighted by atomic mass is 15.3. The molecule has 0 saturated heterocycles. The Balaban J connectivity index is 2.07. The minimum Gasteiger partial charge on any atom is -0.306 e. The minimum atomic E-state index is 0.123. The molecule has 2 aromatic rings. The number of hydrogen-bond acceptors (Lipinski definition) is 2. The summed E-state index contributed by atoms with van der Waals surface area (Å²) < 4.78 is 2.06. The molecule has 0 atom stereocenters. The van der Waals surface area contributed by atoms with Gasteiger partial charge in [-0.05, 0) is 39.3 Å². The average Bonchev–Trinajstić information content (AvgIpc) is 2.73. The molecule has 19 heavy (non-hydrogen) atoms. The lowest BCUT2D eigenvalue weighted by Gasteiger charge is -2.20. The molecule has 2 rings (SSSR count). The number of hydrogen-bond donors (Lipinski definition) is 1. The zero-order chi connectivity index (χ0) is 13.9. The van der Waals surface area contributed by atoms with E-state index in [0.29, 0.717) is 0 Å². The van der Waals surface area contributed by atoms with Crippen LogP contribution in [0.5, 0.6) is 0 Å². The van der Waals surface area contributed by atoms with E-state index in [-0.39, 0.29) is 5.54 Å². The van der Waals surface area contributed by atoms with Crippen molar-refractivity contribution < 1.29 is 0 Å². The van der Waals surface area contributed by atoms with Crippen LogP contribution in [-0.2, 0) is 13.1 Å². The van der Waals surface area contributed by atoms with E-state index in [2.05, 4.69) is 73.1 Å². The third-order valence-electron chi connectivity index (χ3n) is 3.02.